The second-order valence-electron chi connectivity index (χ2n) is 4.75. The number of ketones is 1. The molecule has 0 aliphatic carbocycles. The van der Waals surface area contributed by atoms with Crippen molar-refractivity contribution in [1.29, 1.82) is 0 Å². The van der Waals surface area contributed by atoms with E-state index in [1.165, 1.54) is 18.2 Å². The van der Waals surface area contributed by atoms with Crippen LogP contribution in [0.5, 0.6) is 0 Å². The molecule has 0 aliphatic heterocycles. The molecule has 0 bridgehead atoms. The van der Waals surface area contributed by atoms with Gasteiger partial charge in [-0.25, -0.2) is 0 Å². The van der Waals surface area contributed by atoms with Crippen LogP contribution in [0.15, 0.2) is 48.5 Å². The number of rotatable bonds is 7. The molecular weight excluding hydrogens is 352 g/mol. The van der Waals surface area contributed by atoms with Crippen LogP contribution in [0.3, 0.4) is 0 Å². The van der Waals surface area contributed by atoms with Gasteiger partial charge in [0, 0.05) is 17.7 Å². The van der Waals surface area contributed by atoms with Crippen molar-refractivity contribution in [3.8, 4) is 0 Å². The summed E-state index contributed by atoms with van der Waals surface area (Å²) in [6.45, 7) is -0.0114. The molecule has 2 aromatic carbocycles. The van der Waals surface area contributed by atoms with Crippen molar-refractivity contribution in [3.05, 3.63) is 69.2 Å². The molecule has 0 fully saturated rings. The Hall–Kier alpha value is -3.26. The number of nitrogens with zero attached hydrogens (tertiary/aromatic N) is 1. The molecule has 0 heterocycles. The van der Waals surface area contributed by atoms with E-state index in [0.29, 0.717) is 0 Å². The second-order valence-corrected chi connectivity index (χ2v) is 5.16. The molecule has 8 nitrogen and oxygen atoms in total. The van der Waals surface area contributed by atoms with Crippen LogP contribution >= 0.6 is 11.6 Å². The Morgan fingerprint density at radius 1 is 1.20 bits per heavy atom. The standard InChI is InChI=1S/C16H11ClN2O6/c17-12-8-11(19(23)24)6-7-13(12)18-16(22)15(25-9-20)14(21)10-4-2-1-3-5-10/h1-9,15H,(H,18,22). The largest absolute Gasteiger partial charge is 0.446 e. The van der Waals surface area contributed by atoms with E-state index in [-0.39, 0.29) is 28.4 Å². The summed E-state index contributed by atoms with van der Waals surface area (Å²) in [5.41, 5.74) is -0.0408. The highest BCUT2D eigenvalue weighted by atomic mass is 35.5. The van der Waals surface area contributed by atoms with E-state index in [2.05, 4.69) is 10.1 Å². The zero-order valence-electron chi connectivity index (χ0n) is 12.5. The van der Waals surface area contributed by atoms with Crippen LogP contribution in [-0.4, -0.2) is 29.2 Å². The zero-order valence-corrected chi connectivity index (χ0v) is 13.3. The molecule has 1 amide bonds. The first-order valence-electron chi connectivity index (χ1n) is 6.87. The number of hydrogen-bond donors (Lipinski definition) is 1. The van der Waals surface area contributed by atoms with E-state index in [4.69, 9.17) is 11.6 Å². The van der Waals surface area contributed by atoms with E-state index in [0.717, 1.165) is 12.1 Å². The van der Waals surface area contributed by atoms with Crippen molar-refractivity contribution in [1.82, 2.24) is 0 Å². The van der Waals surface area contributed by atoms with Gasteiger partial charge >= 0.3 is 0 Å². The van der Waals surface area contributed by atoms with E-state index in [9.17, 15) is 24.5 Å². The minimum absolute atomic E-state index is 0.0114. The molecule has 1 N–H and O–H groups in total. The minimum Gasteiger partial charge on any atom is -0.446 e. The number of anilines is 1. The fraction of sp³-hybridized carbons (Fsp3) is 0.0625. The molecule has 9 heteroatoms. The second kappa shape index (κ2) is 8.02. The summed E-state index contributed by atoms with van der Waals surface area (Å²) in [7, 11) is 0. The number of nitro benzene ring substituents is 1. The molecule has 0 saturated carbocycles. The molecule has 2 aromatic rings. The summed E-state index contributed by atoms with van der Waals surface area (Å²) in [6, 6.07) is 11.2. The van der Waals surface area contributed by atoms with Crippen molar-refractivity contribution in [2.75, 3.05) is 5.32 Å². The number of ether oxygens (including phenoxy) is 1. The number of carbonyl (C=O) groups excluding carboxylic acids is 3. The molecule has 2 rings (SSSR count). The van der Waals surface area contributed by atoms with E-state index in [1.807, 2.05) is 0 Å². The maximum Gasteiger partial charge on any atom is 0.294 e. The van der Waals surface area contributed by atoms with Crippen molar-refractivity contribution in [2.45, 2.75) is 6.10 Å². The van der Waals surface area contributed by atoms with Crippen LogP contribution in [0.4, 0.5) is 11.4 Å². The summed E-state index contributed by atoms with van der Waals surface area (Å²) >= 11 is 5.88. The Kier molecular flexibility index (Phi) is 5.80. The SMILES string of the molecule is O=COC(C(=O)Nc1ccc([N+](=O)[O-])cc1Cl)C(=O)c1ccccc1. The van der Waals surface area contributed by atoms with E-state index >= 15 is 0 Å². The summed E-state index contributed by atoms with van der Waals surface area (Å²) in [4.78, 5) is 45.3. The lowest BCUT2D eigenvalue weighted by Crippen LogP contribution is -2.37. The predicted molar refractivity (Wildman–Crippen MR) is 88.4 cm³/mol. The van der Waals surface area contributed by atoms with Crippen molar-refractivity contribution >= 4 is 41.1 Å². The maximum atomic E-state index is 12.3. The number of halogens is 1. The van der Waals surface area contributed by atoms with Gasteiger partial charge in [0.2, 0.25) is 11.9 Å². The lowest BCUT2D eigenvalue weighted by atomic mass is 10.1. The molecule has 0 aromatic heterocycles. The van der Waals surface area contributed by atoms with Crippen LogP contribution in [0.25, 0.3) is 0 Å². The van der Waals surface area contributed by atoms with Gasteiger partial charge in [-0.2, -0.15) is 0 Å². The number of nitro groups is 1. The topological polar surface area (TPSA) is 116 Å². The van der Waals surface area contributed by atoms with Crippen LogP contribution in [-0.2, 0) is 14.3 Å². The highest BCUT2D eigenvalue weighted by Crippen LogP contribution is 2.27. The van der Waals surface area contributed by atoms with Crippen LogP contribution < -0.4 is 5.32 Å². The number of non-ortho nitro benzene ring substituents is 1. The molecule has 1 unspecified atom stereocenters. The number of benzene rings is 2. The third-order valence-electron chi connectivity index (χ3n) is 3.15. The lowest BCUT2D eigenvalue weighted by Gasteiger charge is -2.14. The van der Waals surface area contributed by atoms with Gasteiger partial charge in [0.25, 0.3) is 18.1 Å². The van der Waals surface area contributed by atoms with Gasteiger partial charge in [0.1, 0.15) is 0 Å². The fourth-order valence-electron chi connectivity index (χ4n) is 1.97. The number of amides is 1. The minimum atomic E-state index is -1.72. The Balaban J connectivity index is 2.22. The van der Waals surface area contributed by atoms with E-state index < -0.39 is 22.7 Å². The summed E-state index contributed by atoms with van der Waals surface area (Å²) in [6.07, 6.45) is -1.72. The van der Waals surface area contributed by atoms with Crippen molar-refractivity contribution in [2.24, 2.45) is 0 Å². The van der Waals surface area contributed by atoms with Gasteiger partial charge in [-0.15, -0.1) is 0 Å². The Labute approximate surface area is 146 Å². The van der Waals surface area contributed by atoms with Crippen LogP contribution in [0.2, 0.25) is 5.02 Å². The molecule has 0 saturated heterocycles. The number of nitrogens with one attached hydrogen (secondary N) is 1. The van der Waals surface area contributed by atoms with Crippen molar-refractivity contribution < 1.29 is 24.0 Å². The monoisotopic (exact) mass is 362 g/mol. The Bertz CT molecular complexity index is 825. The van der Waals surface area contributed by atoms with Gasteiger partial charge in [0.15, 0.2) is 0 Å². The third kappa shape index (κ3) is 4.39. The predicted octanol–water partition coefficient (Wildman–Crippen LogP) is 2.61. The van der Waals surface area contributed by atoms with Gasteiger partial charge in [0.05, 0.1) is 15.6 Å². The van der Waals surface area contributed by atoms with E-state index in [1.54, 1.807) is 18.2 Å². The van der Waals surface area contributed by atoms with Gasteiger partial charge in [-0.3, -0.25) is 24.5 Å². The molecule has 0 spiro atoms. The average Bonchev–Trinajstić information content (AvgIpc) is 2.61. The number of carbonyl (C=O) groups is 3. The van der Waals surface area contributed by atoms with Gasteiger partial charge in [-0.05, 0) is 6.07 Å². The number of Topliss-reactive ketones (excluding diaryl/α,β-unsaturated/α-hetero) is 1. The fourth-order valence-corrected chi connectivity index (χ4v) is 2.19. The Morgan fingerprint density at radius 3 is 2.44 bits per heavy atom. The summed E-state index contributed by atoms with van der Waals surface area (Å²) in [5, 5.41) is 12.9. The smallest absolute Gasteiger partial charge is 0.294 e. The van der Waals surface area contributed by atoms with Gasteiger partial charge in [-0.1, -0.05) is 41.9 Å². The van der Waals surface area contributed by atoms with Crippen LogP contribution in [0.1, 0.15) is 10.4 Å². The van der Waals surface area contributed by atoms with Crippen LogP contribution in [0, 0.1) is 10.1 Å². The maximum absolute atomic E-state index is 12.3. The molecular formula is C16H11ClN2O6. The highest BCUT2D eigenvalue weighted by Gasteiger charge is 2.30. The Morgan fingerprint density at radius 2 is 1.88 bits per heavy atom. The third-order valence-corrected chi connectivity index (χ3v) is 3.46. The normalized spacial score (nSPS) is 11.2. The average molecular weight is 363 g/mol. The number of hydrogen-bond acceptors (Lipinski definition) is 6. The molecule has 0 aliphatic rings. The van der Waals surface area contributed by atoms with Gasteiger partial charge < -0.3 is 10.1 Å². The first-order valence-corrected chi connectivity index (χ1v) is 7.25. The van der Waals surface area contributed by atoms with Crippen molar-refractivity contribution in [3.63, 3.8) is 0 Å². The lowest BCUT2D eigenvalue weighted by molar-refractivity contribution is -0.384. The highest BCUT2D eigenvalue weighted by molar-refractivity contribution is 6.34. The summed E-state index contributed by atoms with van der Waals surface area (Å²) in [5.74, 6) is -1.65. The zero-order chi connectivity index (χ0) is 18.4. The molecule has 128 valence electrons. The first-order chi connectivity index (χ1) is 11.9. The molecule has 1 atom stereocenters. The first kappa shape index (κ1) is 18.1. The molecule has 0 radical (unpaired) electrons. The summed E-state index contributed by atoms with van der Waals surface area (Å²) < 4.78 is 4.60. The molecule has 25 heavy (non-hydrogen) atoms. The quantitative estimate of drug-likeness (QED) is 0.266.